The Balaban J connectivity index is 4.78. The van der Waals surface area contributed by atoms with Gasteiger partial charge in [0.25, 0.3) is 5.91 Å². The van der Waals surface area contributed by atoms with Crippen LogP contribution in [0.2, 0.25) is 0 Å². The van der Waals surface area contributed by atoms with Crippen molar-refractivity contribution in [1.82, 2.24) is 4.90 Å². The Labute approximate surface area is 380 Å². The molecule has 7 nitrogen and oxygen atoms in total. The van der Waals surface area contributed by atoms with E-state index in [2.05, 4.69) is 45.1 Å². The zero-order valence-electron chi connectivity index (χ0n) is 41.3. The molecule has 2 atom stereocenters. The first-order valence-corrected chi connectivity index (χ1v) is 26.7. The number of hydrogen-bond donors (Lipinski definition) is 1. The van der Waals surface area contributed by atoms with Crippen LogP contribution in [0.1, 0.15) is 246 Å². The molecule has 0 saturated carbocycles. The van der Waals surface area contributed by atoms with Crippen LogP contribution < -0.4 is 0 Å². The molecule has 0 aliphatic rings. The number of carbonyl (C=O) groups excluding carboxylic acids is 1. The lowest BCUT2D eigenvalue weighted by atomic mass is 10.1. The molecule has 0 aliphatic heterocycles. The third-order valence-electron chi connectivity index (χ3n) is 11.8. The molecule has 0 aromatic rings. The van der Waals surface area contributed by atoms with Gasteiger partial charge in [0, 0.05) is 26.3 Å². The molecule has 0 rings (SSSR count). The quantitative estimate of drug-likeness (QED) is 0.0485. The van der Waals surface area contributed by atoms with Crippen molar-refractivity contribution in [2.75, 3.05) is 59.3 Å². The van der Waals surface area contributed by atoms with E-state index in [1.165, 1.54) is 193 Å². The molecule has 362 valence electrons. The van der Waals surface area contributed by atoms with Crippen LogP contribution in [0.4, 0.5) is 0 Å². The Hall–Kier alpha value is -1.25. The van der Waals surface area contributed by atoms with Crippen LogP contribution in [0.5, 0.6) is 0 Å². The zero-order valence-corrected chi connectivity index (χ0v) is 41.3. The van der Waals surface area contributed by atoms with Crippen LogP contribution in [-0.2, 0) is 23.7 Å². The molecule has 0 fully saturated rings. The van der Waals surface area contributed by atoms with E-state index in [1.807, 2.05) is 11.8 Å². The summed E-state index contributed by atoms with van der Waals surface area (Å²) in [4.78, 5) is 15.7. The van der Waals surface area contributed by atoms with E-state index in [1.54, 1.807) is 0 Å². The molecule has 0 aliphatic carbocycles. The largest absolute Gasteiger partial charge is 0.394 e. The van der Waals surface area contributed by atoms with Crippen molar-refractivity contribution < 1.29 is 28.8 Å². The molecule has 1 amide bonds. The van der Waals surface area contributed by atoms with Crippen LogP contribution in [0.3, 0.4) is 0 Å². The van der Waals surface area contributed by atoms with Crippen molar-refractivity contribution in [3.8, 4) is 0 Å². The highest BCUT2D eigenvalue weighted by Gasteiger charge is 2.24. The summed E-state index contributed by atoms with van der Waals surface area (Å²) in [5.41, 5.74) is 0. The zero-order chi connectivity index (χ0) is 44.4. The van der Waals surface area contributed by atoms with Gasteiger partial charge in [0.15, 0.2) is 0 Å². The predicted molar refractivity (Wildman–Crippen MR) is 263 cm³/mol. The molecule has 1 N–H and O–H groups in total. The maximum atomic E-state index is 13.8. The average molecular weight is 864 g/mol. The van der Waals surface area contributed by atoms with E-state index in [0.29, 0.717) is 39.5 Å². The first-order valence-electron chi connectivity index (χ1n) is 26.7. The maximum Gasteiger partial charge on any atom is 0.251 e. The standard InChI is InChI=1S/C54H105NO6/c1-5-8-11-14-17-19-21-23-25-27-29-31-33-35-38-41-45-59-51-53(61-46-42-39-36-34-32-30-28-26-24-22-20-18-15-12-9-6-2)50-55(43-40-37-16-13-10-7-3)54(57)52(4)60-49-48-58-47-44-56/h23-26,52-53,56H,5-22,27-51H2,1-4H3/b25-23-,26-24-. The second-order valence-electron chi connectivity index (χ2n) is 17.8. The van der Waals surface area contributed by atoms with Crippen LogP contribution in [0.25, 0.3) is 0 Å². The van der Waals surface area contributed by atoms with Gasteiger partial charge in [-0.15, -0.1) is 0 Å². The summed E-state index contributed by atoms with van der Waals surface area (Å²) in [5, 5.41) is 9.01. The van der Waals surface area contributed by atoms with Gasteiger partial charge in [-0.25, -0.2) is 0 Å². The van der Waals surface area contributed by atoms with Gasteiger partial charge in [0.2, 0.25) is 0 Å². The summed E-state index contributed by atoms with van der Waals surface area (Å²) in [7, 11) is 0. The van der Waals surface area contributed by atoms with E-state index >= 15 is 0 Å². The number of aliphatic hydroxyl groups is 1. The van der Waals surface area contributed by atoms with Crippen LogP contribution >= 0.6 is 0 Å². The molecular formula is C54H105NO6. The highest BCUT2D eigenvalue weighted by Crippen LogP contribution is 2.14. The summed E-state index contributed by atoms with van der Waals surface area (Å²) in [5.74, 6) is 0.00913. The van der Waals surface area contributed by atoms with Crippen molar-refractivity contribution in [2.45, 2.75) is 258 Å². The molecule has 61 heavy (non-hydrogen) atoms. The van der Waals surface area contributed by atoms with Crippen molar-refractivity contribution in [1.29, 1.82) is 0 Å². The Morgan fingerprint density at radius 2 is 0.869 bits per heavy atom. The molecule has 0 saturated heterocycles. The molecule has 0 bridgehead atoms. The normalized spacial score (nSPS) is 12.9. The lowest BCUT2D eigenvalue weighted by Crippen LogP contribution is -2.45. The lowest BCUT2D eigenvalue weighted by Gasteiger charge is -2.30. The number of hydrogen-bond acceptors (Lipinski definition) is 6. The number of nitrogens with zero attached hydrogens (tertiary/aromatic N) is 1. The first-order chi connectivity index (χ1) is 30.1. The Bertz CT molecular complexity index is 912. The number of unbranched alkanes of at least 4 members (excludes halogenated alkanes) is 29. The van der Waals surface area contributed by atoms with Gasteiger partial charge in [-0.05, 0) is 77.6 Å². The Morgan fingerprint density at radius 3 is 1.33 bits per heavy atom. The summed E-state index contributed by atoms with van der Waals surface area (Å²) in [6, 6.07) is 0. The van der Waals surface area contributed by atoms with Crippen molar-refractivity contribution >= 4 is 5.91 Å². The van der Waals surface area contributed by atoms with Gasteiger partial charge in [0.05, 0.1) is 39.1 Å². The SMILES string of the molecule is CCCCCCCC/C=C\CCCCCCCCOCC(CN(CCCCCCCC)C(=O)C(C)OCCOCCO)OCCCCCCCC/C=C\CCCCCCCC. The van der Waals surface area contributed by atoms with E-state index in [-0.39, 0.29) is 25.2 Å². The summed E-state index contributed by atoms with van der Waals surface area (Å²) < 4.78 is 24.0. The summed E-state index contributed by atoms with van der Waals surface area (Å²) in [6.45, 7) is 12.8. The highest BCUT2D eigenvalue weighted by molar-refractivity contribution is 5.80. The summed E-state index contributed by atoms with van der Waals surface area (Å²) >= 11 is 0. The maximum absolute atomic E-state index is 13.8. The Morgan fingerprint density at radius 1 is 0.459 bits per heavy atom. The topological polar surface area (TPSA) is 77.5 Å². The number of carbonyl (C=O) groups is 1. The van der Waals surface area contributed by atoms with Gasteiger partial charge in [-0.2, -0.15) is 0 Å². The monoisotopic (exact) mass is 864 g/mol. The second-order valence-corrected chi connectivity index (χ2v) is 17.8. The second kappa shape index (κ2) is 51.4. The first kappa shape index (κ1) is 59.8. The van der Waals surface area contributed by atoms with Crippen molar-refractivity contribution in [2.24, 2.45) is 0 Å². The minimum Gasteiger partial charge on any atom is -0.394 e. The third-order valence-corrected chi connectivity index (χ3v) is 11.8. The molecule has 0 heterocycles. The van der Waals surface area contributed by atoms with Gasteiger partial charge >= 0.3 is 0 Å². The van der Waals surface area contributed by atoms with Crippen LogP contribution in [-0.4, -0.2) is 87.5 Å². The van der Waals surface area contributed by atoms with Gasteiger partial charge < -0.3 is 29.0 Å². The molecule has 0 spiro atoms. The number of allylic oxidation sites excluding steroid dienone is 4. The predicted octanol–water partition coefficient (Wildman–Crippen LogP) is 15.1. The molecular weight excluding hydrogens is 759 g/mol. The minimum atomic E-state index is -0.559. The molecule has 7 heteroatoms. The fraction of sp³-hybridized carbons (Fsp3) is 0.907. The Kier molecular flexibility index (Phi) is 50.3. The van der Waals surface area contributed by atoms with Gasteiger partial charge in [-0.1, -0.05) is 193 Å². The van der Waals surface area contributed by atoms with Crippen LogP contribution in [0.15, 0.2) is 24.3 Å². The molecule has 2 unspecified atom stereocenters. The molecule has 0 aromatic heterocycles. The lowest BCUT2D eigenvalue weighted by molar-refractivity contribution is -0.146. The summed E-state index contributed by atoms with van der Waals surface area (Å²) in [6.07, 6.45) is 52.2. The molecule has 0 radical (unpaired) electrons. The van der Waals surface area contributed by atoms with Gasteiger partial charge in [0.1, 0.15) is 6.10 Å². The van der Waals surface area contributed by atoms with Gasteiger partial charge in [-0.3, -0.25) is 4.79 Å². The third kappa shape index (κ3) is 45.1. The minimum absolute atomic E-state index is 0.00913. The molecule has 0 aromatic carbocycles. The number of amides is 1. The van der Waals surface area contributed by atoms with E-state index in [0.717, 1.165) is 32.3 Å². The van der Waals surface area contributed by atoms with Crippen LogP contribution in [0, 0.1) is 0 Å². The fourth-order valence-electron chi connectivity index (χ4n) is 7.82. The van der Waals surface area contributed by atoms with Crippen molar-refractivity contribution in [3.63, 3.8) is 0 Å². The van der Waals surface area contributed by atoms with Crippen molar-refractivity contribution in [3.05, 3.63) is 24.3 Å². The fourth-order valence-corrected chi connectivity index (χ4v) is 7.82. The number of aliphatic hydroxyl groups excluding tert-OH is 1. The van der Waals surface area contributed by atoms with E-state index in [9.17, 15) is 4.79 Å². The van der Waals surface area contributed by atoms with E-state index < -0.39 is 6.10 Å². The average Bonchev–Trinajstić information content (AvgIpc) is 3.27. The van der Waals surface area contributed by atoms with E-state index in [4.69, 9.17) is 24.1 Å². The number of rotatable bonds is 51. The highest BCUT2D eigenvalue weighted by atomic mass is 16.5. The smallest absolute Gasteiger partial charge is 0.251 e. The number of ether oxygens (including phenoxy) is 4.